The molecular weight excluding hydrogens is 466 g/mol. The van der Waals surface area contributed by atoms with Crippen molar-refractivity contribution in [3.05, 3.63) is 110 Å². The molecule has 2 aromatic heterocycles. The van der Waals surface area contributed by atoms with Crippen LogP contribution in [0.3, 0.4) is 0 Å². The topological polar surface area (TPSA) is 119 Å². The number of pyridine rings is 1. The minimum absolute atomic E-state index is 0.0606. The van der Waals surface area contributed by atoms with Crippen molar-refractivity contribution in [3.63, 3.8) is 0 Å². The third kappa shape index (κ3) is 5.08. The average molecular weight is 480 g/mol. The lowest BCUT2D eigenvalue weighted by molar-refractivity contribution is -0.384. The van der Waals surface area contributed by atoms with Gasteiger partial charge in [0.05, 0.1) is 16.7 Å². The molecule has 0 bridgehead atoms. The van der Waals surface area contributed by atoms with E-state index < -0.39 is 10.8 Å². The zero-order valence-corrected chi connectivity index (χ0v) is 18.3. The van der Waals surface area contributed by atoms with E-state index in [0.717, 1.165) is 11.0 Å². The largest absolute Gasteiger partial charge is 0.271 e. The van der Waals surface area contributed by atoms with Gasteiger partial charge in [-0.25, -0.2) is 10.4 Å². The average Bonchev–Trinajstić information content (AvgIpc) is 2.82. The molecule has 0 saturated heterocycles. The van der Waals surface area contributed by atoms with E-state index in [0.29, 0.717) is 15.7 Å². The van der Waals surface area contributed by atoms with E-state index in [1.165, 1.54) is 40.6 Å². The predicted octanol–water partition coefficient (Wildman–Crippen LogP) is 4.17. The number of amides is 1. The number of carbonyl (C=O) groups excluding carboxylic acids is 1. The van der Waals surface area contributed by atoms with Gasteiger partial charge in [0.25, 0.3) is 17.2 Å². The molecule has 2 aromatic carbocycles. The Morgan fingerprint density at radius 1 is 1.15 bits per heavy atom. The first-order valence-corrected chi connectivity index (χ1v) is 10.6. The maximum atomic E-state index is 13.1. The Kier molecular flexibility index (Phi) is 6.48. The number of hydrogen-bond donors (Lipinski definition) is 1. The molecule has 0 atom stereocenters. The van der Waals surface area contributed by atoms with E-state index >= 15 is 0 Å². The normalized spacial score (nSPS) is 11.1. The van der Waals surface area contributed by atoms with Gasteiger partial charge in [-0.15, -0.1) is 0 Å². The van der Waals surface area contributed by atoms with E-state index in [4.69, 9.17) is 11.6 Å². The Bertz CT molecular complexity index is 1450. The van der Waals surface area contributed by atoms with Gasteiger partial charge in [0.2, 0.25) is 0 Å². The highest BCUT2D eigenvalue weighted by atomic mass is 35.5. The highest BCUT2D eigenvalue weighted by molar-refractivity contribution is 7.99. The lowest BCUT2D eigenvalue weighted by Gasteiger charge is -2.08. The van der Waals surface area contributed by atoms with Gasteiger partial charge in [0.15, 0.2) is 0 Å². The van der Waals surface area contributed by atoms with Gasteiger partial charge in [-0.05, 0) is 42.5 Å². The second kappa shape index (κ2) is 9.63. The summed E-state index contributed by atoms with van der Waals surface area (Å²) in [4.78, 5) is 41.1. The number of nitrogens with one attached hydrogen (secondary N) is 1. The van der Waals surface area contributed by atoms with Crippen molar-refractivity contribution < 1.29 is 9.72 Å². The summed E-state index contributed by atoms with van der Waals surface area (Å²) >= 11 is 7.20. The molecule has 1 amide bonds. The summed E-state index contributed by atoms with van der Waals surface area (Å²) in [5.74, 6) is -0.657. The molecule has 1 N–H and O–H groups in total. The van der Waals surface area contributed by atoms with Crippen molar-refractivity contribution in [1.29, 1.82) is 0 Å². The van der Waals surface area contributed by atoms with Crippen LogP contribution >= 0.6 is 23.4 Å². The van der Waals surface area contributed by atoms with Crippen LogP contribution in [0.2, 0.25) is 5.02 Å². The summed E-state index contributed by atoms with van der Waals surface area (Å²) in [5.41, 5.74) is 2.39. The maximum absolute atomic E-state index is 13.1. The molecule has 33 heavy (non-hydrogen) atoms. The molecule has 0 fully saturated rings. The Labute approximate surface area is 195 Å². The van der Waals surface area contributed by atoms with Crippen molar-refractivity contribution in [2.75, 3.05) is 0 Å². The number of carbonyl (C=O) groups is 1. The number of nitro benzene ring substituents is 1. The van der Waals surface area contributed by atoms with Crippen molar-refractivity contribution in [3.8, 4) is 0 Å². The SMILES string of the molecule is O=C(N/N=C\c1c(Sc2ccc(Cl)cc2)nc2ccccn2c1=O)c1cccc([N+](=O)[O-])c1. The molecule has 4 aromatic rings. The summed E-state index contributed by atoms with van der Waals surface area (Å²) in [6, 6.07) is 17.5. The maximum Gasteiger partial charge on any atom is 0.271 e. The van der Waals surface area contributed by atoms with Gasteiger partial charge < -0.3 is 0 Å². The number of nitro groups is 1. The summed E-state index contributed by atoms with van der Waals surface area (Å²) in [6.45, 7) is 0. The quantitative estimate of drug-likeness (QED) is 0.192. The van der Waals surface area contributed by atoms with Crippen LogP contribution < -0.4 is 11.0 Å². The molecule has 0 unspecified atom stereocenters. The van der Waals surface area contributed by atoms with Crippen LogP contribution in [0.25, 0.3) is 5.65 Å². The third-order valence-corrected chi connectivity index (χ3v) is 5.71. The molecule has 11 heteroatoms. The predicted molar refractivity (Wildman–Crippen MR) is 125 cm³/mol. The molecular formula is C22H14ClN5O4S. The van der Waals surface area contributed by atoms with Crippen molar-refractivity contribution >= 4 is 46.8 Å². The van der Waals surface area contributed by atoms with Gasteiger partial charge in [0, 0.05) is 33.8 Å². The highest BCUT2D eigenvalue weighted by Gasteiger charge is 2.14. The van der Waals surface area contributed by atoms with Crippen LogP contribution in [0.4, 0.5) is 5.69 Å². The number of halogens is 1. The number of fused-ring (bicyclic) bond motifs is 1. The van der Waals surface area contributed by atoms with Gasteiger partial charge in [-0.3, -0.25) is 24.1 Å². The highest BCUT2D eigenvalue weighted by Crippen LogP contribution is 2.28. The Morgan fingerprint density at radius 2 is 1.94 bits per heavy atom. The van der Waals surface area contributed by atoms with Crippen LogP contribution in [-0.2, 0) is 0 Å². The smallest absolute Gasteiger partial charge is 0.268 e. The third-order valence-electron chi connectivity index (χ3n) is 4.44. The van der Waals surface area contributed by atoms with E-state index in [9.17, 15) is 19.7 Å². The number of nitrogens with zero attached hydrogens (tertiary/aromatic N) is 4. The van der Waals surface area contributed by atoms with Gasteiger partial charge in [-0.2, -0.15) is 5.10 Å². The fraction of sp³-hybridized carbons (Fsp3) is 0. The van der Waals surface area contributed by atoms with Crippen LogP contribution in [0.5, 0.6) is 0 Å². The minimum Gasteiger partial charge on any atom is -0.268 e. The number of benzene rings is 2. The molecule has 0 saturated carbocycles. The first-order chi connectivity index (χ1) is 15.9. The number of hydrogen-bond acceptors (Lipinski definition) is 7. The van der Waals surface area contributed by atoms with E-state index in [1.807, 2.05) is 0 Å². The second-order valence-electron chi connectivity index (χ2n) is 6.63. The van der Waals surface area contributed by atoms with Crippen LogP contribution in [-0.4, -0.2) is 26.4 Å². The fourth-order valence-electron chi connectivity index (χ4n) is 2.87. The molecule has 164 valence electrons. The minimum atomic E-state index is -0.657. The molecule has 0 spiro atoms. The van der Waals surface area contributed by atoms with Crippen molar-refractivity contribution in [2.24, 2.45) is 5.10 Å². The van der Waals surface area contributed by atoms with Gasteiger partial charge in [-0.1, -0.05) is 35.5 Å². The zero-order chi connectivity index (χ0) is 23.4. The number of rotatable bonds is 6. The summed E-state index contributed by atoms with van der Waals surface area (Å²) < 4.78 is 1.37. The zero-order valence-electron chi connectivity index (χ0n) is 16.7. The monoisotopic (exact) mass is 479 g/mol. The van der Waals surface area contributed by atoms with Crippen molar-refractivity contribution in [2.45, 2.75) is 9.92 Å². The molecule has 0 aliphatic carbocycles. The lowest BCUT2D eigenvalue weighted by atomic mass is 10.2. The molecule has 0 radical (unpaired) electrons. The first-order valence-electron chi connectivity index (χ1n) is 9.45. The van der Waals surface area contributed by atoms with Crippen molar-refractivity contribution in [1.82, 2.24) is 14.8 Å². The Balaban J connectivity index is 1.66. The van der Waals surface area contributed by atoms with Crippen LogP contribution in [0.15, 0.2) is 92.7 Å². The summed E-state index contributed by atoms with van der Waals surface area (Å²) in [5, 5.41) is 15.8. The van der Waals surface area contributed by atoms with E-state index in [-0.39, 0.29) is 22.4 Å². The van der Waals surface area contributed by atoms with Gasteiger partial charge in [0.1, 0.15) is 10.7 Å². The van der Waals surface area contributed by atoms with Gasteiger partial charge >= 0.3 is 0 Å². The summed E-state index contributed by atoms with van der Waals surface area (Å²) in [6.07, 6.45) is 2.79. The van der Waals surface area contributed by atoms with Crippen LogP contribution in [0, 0.1) is 10.1 Å². The molecule has 9 nitrogen and oxygen atoms in total. The molecule has 2 heterocycles. The standard InChI is InChI=1S/C22H14ClN5O4S/c23-15-7-9-17(10-8-15)33-21-18(22(30)27-11-2-1-6-19(27)25-21)13-24-26-20(29)14-4-3-5-16(12-14)28(31)32/h1-13H,(H,26,29)/b24-13-. The number of aromatic nitrogens is 2. The van der Waals surface area contributed by atoms with E-state index in [2.05, 4.69) is 15.5 Å². The first kappa shape index (κ1) is 22.2. The summed E-state index contributed by atoms with van der Waals surface area (Å²) in [7, 11) is 0. The second-order valence-corrected chi connectivity index (χ2v) is 8.13. The van der Waals surface area contributed by atoms with E-state index in [1.54, 1.807) is 48.7 Å². The lowest BCUT2D eigenvalue weighted by Crippen LogP contribution is -2.23. The number of non-ortho nitro benzene ring substituents is 1. The molecule has 0 aliphatic rings. The molecule has 0 aliphatic heterocycles. The Morgan fingerprint density at radius 3 is 2.70 bits per heavy atom. The molecule has 4 rings (SSSR count). The Hall–Kier alpha value is -4.02. The van der Waals surface area contributed by atoms with Crippen LogP contribution in [0.1, 0.15) is 15.9 Å². The fourth-order valence-corrected chi connectivity index (χ4v) is 3.88. The number of hydrazone groups is 1.